The highest BCUT2D eigenvalue weighted by Gasteiger charge is 2.36. The molecule has 0 amide bonds. The molecule has 1 nitrogen and oxygen atoms in total. The SMILES string of the molecule is CC1(C)c2cc(-c3ccccc3)ccc2-c2ccc(N(c3ccc4ccccc4c3)c3cccc(-c4ccccc4)c3-c3ccccc3-c3ccccc3)cc21. The van der Waals surface area contributed by atoms with E-state index in [4.69, 9.17) is 0 Å². The van der Waals surface area contributed by atoms with Gasteiger partial charge in [0.25, 0.3) is 0 Å². The van der Waals surface area contributed by atoms with Crippen LogP contribution in [0.25, 0.3) is 66.4 Å². The predicted molar refractivity (Wildman–Crippen MR) is 238 cm³/mol. The van der Waals surface area contributed by atoms with Crippen molar-refractivity contribution in [2.24, 2.45) is 0 Å². The summed E-state index contributed by atoms with van der Waals surface area (Å²) in [7, 11) is 0. The summed E-state index contributed by atoms with van der Waals surface area (Å²) in [6.07, 6.45) is 0. The zero-order chi connectivity index (χ0) is 37.6. The third kappa shape index (κ3) is 5.72. The molecule has 0 N–H and O–H groups in total. The summed E-state index contributed by atoms with van der Waals surface area (Å²) in [6.45, 7) is 4.77. The van der Waals surface area contributed by atoms with Gasteiger partial charge in [-0.2, -0.15) is 0 Å². The summed E-state index contributed by atoms with van der Waals surface area (Å²) in [4.78, 5) is 2.49. The second-order valence-electron chi connectivity index (χ2n) is 15.3. The summed E-state index contributed by atoms with van der Waals surface area (Å²) in [5.74, 6) is 0. The molecule has 0 spiro atoms. The number of benzene rings is 9. The number of fused-ring (bicyclic) bond motifs is 4. The lowest BCUT2D eigenvalue weighted by molar-refractivity contribution is 0.660. The molecular formula is C55H41N. The Bertz CT molecular complexity index is 2870. The molecule has 0 heterocycles. The van der Waals surface area contributed by atoms with Crippen molar-refractivity contribution in [2.75, 3.05) is 4.90 Å². The Morgan fingerprint density at radius 1 is 0.321 bits per heavy atom. The summed E-state index contributed by atoms with van der Waals surface area (Å²) in [5.41, 5.74) is 18.2. The maximum atomic E-state index is 2.49. The van der Waals surface area contributed by atoms with Crippen LogP contribution < -0.4 is 4.90 Å². The summed E-state index contributed by atoms with van der Waals surface area (Å²) in [6, 6.07) is 77.7. The topological polar surface area (TPSA) is 3.24 Å². The molecule has 1 heteroatoms. The fourth-order valence-corrected chi connectivity index (χ4v) is 8.86. The maximum absolute atomic E-state index is 2.49. The first-order valence-corrected chi connectivity index (χ1v) is 19.5. The molecule has 0 saturated carbocycles. The third-order valence-corrected chi connectivity index (χ3v) is 11.7. The second kappa shape index (κ2) is 13.7. The van der Waals surface area contributed by atoms with E-state index in [2.05, 4.69) is 231 Å². The average molecular weight is 716 g/mol. The van der Waals surface area contributed by atoms with Gasteiger partial charge < -0.3 is 4.90 Å². The van der Waals surface area contributed by atoms with Gasteiger partial charge in [-0.3, -0.25) is 0 Å². The summed E-state index contributed by atoms with van der Waals surface area (Å²) < 4.78 is 0. The molecule has 1 aliphatic rings. The summed E-state index contributed by atoms with van der Waals surface area (Å²) >= 11 is 0. The van der Waals surface area contributed by atoms with E-state index in [0.717, 1.165) is 17.1 Å². The minimum absolute atomic E-state index is 0.199. The molecule has 1 aliphatic carbocycles. The molecule has 0 unspecified atom stereocenters. The van der Waals surface area contributed by atoms with Crippen LogP contribution >= 0.6 is 0 Å². The zero-order valence-electron chi connectivity index (χ0n) is 31.7. The van der Waals surface area contributed by atoms with Crippen molar-refractivity contribution in [1.82, 2.24) is 0 Å². The zero-order valence-corrected chi connectivity index (χ0v) is 31.7. The Morgan fingerprint density at radius 3 is 1.55 bits per heavy atom. The van der Waals surface area contributed by atoms with E-state index < -0.39 is 0 Å². The minimum atomic E-state index is -0.199. The van der Waals surface area contributed by atoms with Crippen molar-refractivity contribution in [2.45, 2.75) is 19.3 Å². The number of anilines is 3. The van der Waals surface area contributed by atoms with Gasteiger partial charge in [-0.1, -0.05) is 190 Å². The predicted octanol–water partition coefficient (Wildman–Crippen LogP) is 15.3. The third-order valence-electron chi connectivity index (χ3n) is 11.7. The van der Waals surface area contributed by atoms with Crippen LogP contribution in [0, 0.1) is 0 Å². The van der Waals surface area contributed by atoms with Gasteiger partial charge in [0.1, 0.15) is 0 Å². The van der Waals surface area contributed by atoms with Crippen LogP contribution in [-0.4, -0.2) is 0 Å². The molecule has 9 aromatic rings. The molecule has 0 saturated heterocycles. The van der Waals surface area contributed by atoms with Gasteiger partial charge in [0.2, 0.25) is 0 Å². The quantitative estimate of drug-likeness (QED) is 0.159. The molecule has 0 aromatic heterocycles. The summed E-state index contributed by atoms with van der Waals surface area (Å²) in [5, 5.41) is 2.44. The molecule has 9 aromatic carbocycles. The fourth-order valence-electron chi connectivity index (χ4n) is 8.86. The molecular weight excluding hydrogens is 675 g/mol. The molecule has 0 fully saturated rings. The molecule has 0 aliphatic heterocycles. The van der Waals surface area contributed by atoms with Crippen molar-refractivity contribution >= 4 is 27.8 Å². The van der Waals surface area contributed by atoms with Crippen LogP contribution in [-0.2, 0) is 5.41 Å². The van der Waals surface area contributed by atoms with Crippen LogP contribution in [0.1, 0.15) is 25.0 Å². The van der Waals surface area contributed by atoms with Gasteiger partial charge in [-0.15, -0.1) is 0 Å². The van der Waals surface area contributed by atoms with Gasteiger partial charge in [-0.05, 0) is 108 Å². The molecule has 56 heavy (non-hydrogen) atoms. The number of hydrogen-bond acceptors (Lipinski definition) is 1. The van der Waals surface area contributed by atoms with E-state index in [0.29, 0.717) is 0 Å². The van der Waals surface area contributed by atoms with E-state index in [1.54, 1.807) is 0 Å². The number of hydrogen-bond donors (Lipinski definition) is 0. The first-order chi connectivity index (χ1) is 27.5. The molecule has 0 atom stereocenters. The first kappa shape index (κ1) is 33.6. The standard InChI is InChI=1S/C55H41N/c1-55(2)51-36-43(38-17-6-3-7-18-38)30-33-48(51)49-34-32-45(37-52(49)55)56(44-31-29-39-19-12-13-24-42(39)35-44)53-28-16-27-47(41-22-10-5-11-23-41)54(53)50-26-15-14-25-46(50)40-20-8-4-9-21-40/h3-37H,1-2H3. The number of nitrogens with zero attached hydrogens (tertiary/aromatic N) is 1. The highest BCUT2D eigenvalue weighted by molar-refractivity contribution is 6.02. The Hall–Kier alpha value is -6.96. The second-order valence-corrected chi connectivity index (χ2v) is 15.3. The Balaban J connectivity index is 1.22. The smallest absolute Gasteiger partial charge is 0.0546 e. The molecule has 0 bridgehead atoms. The normalized spacial score (nSPS) is 12.6. The van der Waals surface area contributed by atoms with Crippen LogP contribution in [0.4, 0.5) is 17.1 Å². The van der Waals surface area contributed by atoms with Crippen molar-refractivity contribution in [3.8, 4) is 55.6 Å². The van der Waals surface area contributed by atoms with E-state index in [9.17, 15) is 0 Å². The van der Waals surface area contributed by atoms with Crippen LogP contribution in [0.15, 0.2) is 212 Å². The Morgan fingerprint density at radius 2 is 0.839 bits per heavy atom. The van der Waals surface area contributed by atoms with Crippen molar-refractivity contribution in [3.63, 3.8) is 0 Å². The van der Waals surface area contributed by atoms with Crippen molar-refractivity contribution in [1.29, 1.82) is 0 Å². The molecule has 0 radical (unpaired) electrons. The van der Waals surface area contributed by atoms with Crippen LogP contribution in [0.5, 0.6) is 0 Å². The van der Waals surface area contributed by atoms with Crippen LogP contribution in [0.2, 0.25) is 0 Å². The first-order valence-electron chi connectivity index (χ1n) is 19.5. The van der Waals surface area contributed by atoms with E-state index >= 15 is 0 Å². The van der Waals surface area contributed by atoms with Gasteiger partial charge in [0.05, 0.1) is 5.69 Å². The van der Waals surface area contributed by atoms with Crippen LogP contribution in [0.3, 0.4) is 0 Å². The van der Waals surface area contributed by atoms with Gasteiger partial charge >= 0.3 is 0 Å². The van der Waals surface area contributed by atoms with Crippen molar-refractivity contribution in [3.05, 3.63) is 223 Å². The molecule has 266 valence electrons. The lowest BCUT2D eigenvalue weighted by atomic mass is 9.81. The monoisotopic (exact) mass is 715 g/mol. The number of rotatable bonds is 7. The fraction of sp³-hybridized carbons (Fsp3) is 0.0545. The maximum Gasteiger partial charge on any atom is 0.0546 e. The highest BCUT2D eigenvalue weighted by Crippen LogP contribution is 2.53. The highest BCUT2D eigenvalue weighted by atomic mass is 15.1. The van der Waals surface area contributed by atoms with E-state index in [1.807, 2.05) is 0 Å². The Kier molecular flexibility index (Phi) is 8.23. The van der Waals surface area contributed by atoms with E-state index in [-0.39, 0.29) is 5.41 Å². The van der Waals surface area contributed by atoms with Gasteiger partial charge in [0.15, 0.2) is 0 Å². The minimum Gasteiger partial charge on any atom is -0.310 e. The lowest BCUT2D eigenvalue weighted by Gasteiger charge is -2.31. The largest absolute Gasteiger partial charge is 0.310 e. The Labute approximate surface area is 329 Å². The van der Waals surface area contributed by atoms with E-state index in [1.165, 1.54) is 77.5 Å². The van der Waals surface area contributed by atoms with Crippen molar-refractivity contribution < 1.29 is 0 Å². The van der Waals surface area contributed by atoms with Gasteiger partial charge in [0, 0.05) is 22.4 Å². The molecule has 10 rings (SSSR count). The average Bonchev–Trinajstić information content (AvgIpc) is 3.49. The lowest BCUT2D eigenvalue weighted by Crippen LogP contribution is -2.17. The van der Waals surface area contributed by atoms with Gasteiger partial charge in [-0.25, -0.2) is 0 Å².